The van der Waals surface area contributed by atoms with Gasteiger partial charge in [0.25, 0.3) is 11.8 Å². The lowest BCUT2D eigenvalue weighted by molar-refractivity contribution is -0.211. The first-order chi connectivity index (χ1) is 10.7. The van der Waals surface area contributed by atoms with E-state index in [1.807, 2.05) is 13.8 Å². The van der Waals surface area contributed by atoms with Crippen LogP contribution in [-0.2, 0) is 19.2 Å². The zero-order valence-corrected chi connectivity index (χ0v) is 14.3. The van der Waals surface area contributed by atoms with E-state index >= 15 is 0 Å². The topological polar surface area (TPSA) is 83.9 Å². The van der Waals surface area contributed by atoms with Gasteiger partial charge in [0, 0.05) is 11.6 Å². The fourth-order valence-corrected chi connectivity index (χ4v) is 1.54. The van der Waals surface area contributed by atoms with Gasteiger partial charge in [0.2, 0.25) is 0 Å². The molecule has 0 fully saturated rings. The fraction of sp³-hybridized carbons (Fsp3) is 0.471. The van der Waals surface area contributed by atoms with Crippen LogP contribution in [0.15, 0.2) is 36.0 Å². The second kappa shape index (κ2) is 10.5. The van der Waals surface area contributed by atoms with Gasteiger partial charge in [-0.1, -0.05) is 38.2 Å². The van der Waals surface area contributed by atoms with Crippen molar-refractivity contribution in [2.24, 2.45) is 5.92 Å². The normalized spacial score (nSPS) is 13.7. The quantitative estimate of drug-likeness (QED) is 0.422. The second-order valence-electron chi connectivity index (χ2n) is 5.36. The molecule has 6 heteroatoms. The van der Waals surface area contributed by atoms with Crippen molar-refractivity contribution in [3.8, 4) is 0 Å². The van der Waals surface area contributed by atoms with Gasteiger partial charge in [-0.2, -0.15) is 0 Å². The highest BCUT2D eigenvalue weighted by atomic mass is 16.7. The Morgan fingerprint density at radius 2 is 1.78 bits per heavy atom. The van der Waals surface area contributed by atoms with E-state index < -0.39 is 23.9 Å². The molecule has 1 atom stereocenters. The van der Waals surface area contributed by atoms with Gasteiger partial charge < -0.3 is 5.11 Å². The molecule has 0 bridgehead atoms. The summed E-state index contributed by atoms with van der Waals surface area (Å²) in [5, 5.41) is 9.74. The molecule has 1 unspecified atom stereocenters. The second-order valence-corrected chi connectivity index (χ2v) is 5.36. The number of allylic oxidation sites excluding steroid dienone is 4. The maximum absolute atomic E-state index is 12.3. The Labute approximate surface area is 137 Å². The van der Waals surface area contributed by atoms with E-state index in [2.05, 4.69) is 0 Å². The zero-order valence-electron chi connectivity index (χ0n) is 14.3. The molecule has 0 aliphatic rings. The number of carbonyl (C=O) groups excluding carboxylic acids is 2. The predicted molar refractivity (Wildman–Crippen MR) is 87.2 cm³/mol. The lowest BCUT2D eigenvalue weighted by atomic mass is 10.1. The van der Waals surface area contributed by atoms with Gasteiger partial charge >= 0.3 is 5.97 Å². The largest absolute Gasteiger partial charge is 0.479 e. The van der Waals surface area contributed by atoms with Gasteiger partial charge in [0.1, 0.15) is 0 Å². The molecule has 0 spiro atoms. The number of imide groups is 1. The minimum absolute atomic E-state index is 0.0320. The molecule has 0 aliphatic heterocycles. The van der Waals surface area contributed by atoms with E-state index in [4.69, 9.17) is 4.84 Å². The van der Waals surface area contributed by atoms with Crippen LogP contribution in [0.3, 0.4) is 0 Å². The molecule has 1 N–H and O–H groups in total. The molecule has 23 heavy (non-hydrogen) atoms. The van der Waals surface area contributed by atoms with Gasteiger partial charge in [0.15, 0.2) is 6.10 Å². The first-order valence-corrected chi connectivity index (χ1v) is 7.44. The predicted octanol–water partition coefficient (Wildman–Crippen LogP) is 2.87. The van der Waals surface area contributed by atoms with Gasteiger partial charge in [-0.15, -0.1) is 5.06 Å². The van der Waals surface area contributed by atoms with E-state index in [1.54, 1.807) is 26.0 Å². The fourth-order valence-electron chi connectivity index (χ4n) is 1.54. The molecular weight excluding hydrogens is 298 g/mol. The molecule has 0 radical (unpaired) electrons. The van der Waals surface area contributed by atoms with Crippen LogP contribution in [0.1, 0.15) is 41.0 Å². The van der Waals surface area contributed by atoms with Crippen LogP contribution in [0.4, 0.5) is 0 Å². The van der Waals surface area contributed by atoms with E-state index in [0.717, 1.165) is 6.08 Å². The Hall–Kier alpha value is -2.21. The monoisotopic (exact) mass is 323 g/mol. The van der Waals surface area contributed by atoms with Crippen molar-refractivity contribution in [3.63, 3.8) is 0 Å². The lowest BCUT2D eigenvalue weighted by Crippen LogP contribution is -2.42. The van der Waals surface area contributed by atoms with Crippen molar-refractivity contribution in [3.05, 3.63) is 36.0 Å². The minimum Gasteiger partial charge on any atom is -0.479 e. The summed E-state index contributed by atoms with van der Waals surface area (Å²) >= 11 is 0. The number of carboxylic acid groups (broad SMARTS) is 1. The van der Waals surface area contributed by atoms with Crippen molar-refractivity contribution in [2.75, 3.05) is 0 Å². The summed E-state index contributed by atoms with van der Waals surface area (Å²) in [6.07, 6.45) is 6.37. The Bertz CT molecular complexity index is 517. The SMILES string of the molecule is C/C=C\C=C\C(=O)N(OC(CC(C)C)C(=O)O)C(=O)/C(C)=C/C. The van der Waals surface area contributed by atoms with E-state index in [1.165, 1.54) is 19.1 Å². The molecule has 0 aromatic rings. The maximum Gasteiger partial charge on any atom is 0.335 e. The molecule has 128 valence electrons. The molecule has 2 amide bonds. The summed E-state index contributed by atoms with van der Waals surface area (Å²) in [7, 11) is 0. The van der Waals surface area contributed by atoms with Gasteiger partial charge in [-0.05, 0) is 33.1 Å². The van der Waals surface area contributed by atoms with Crippen molar-refractivity contribution < 1.29 is 24.3 Å². The summed E-state index contributed by atoms with van der Waals surface area (Å²) < 4.78 is 0. The molecule has 0 aliphatic carbocycles. The lowest BCUT2D eigenvalue weighted by Gasteiger charge is -2.24. The highest BCUT2D eigenvalue weighted by molar-refractivity contribution is 6.06. The number of hydrogen-bond acceptors (Lipinski definition) is 4. The highest BCUT2D eigenvalue weighted by Gasteiger charge is 2.30. The first kappa shape index (κ1) is 20.8. The van der Waals surface area contributed by atoms with Crippen LogP contribution in [-0.4, -0.2) is 34.1 Å². The van der Waals surface area contributed by atoms with E-state index in [0.29, 0.717) is 5.06 Å². The minimum atomic E-state index is -1.28. The number of carbonyl (C=O) groups is 3. The summed E-state index contributed by atoms with van der Waals surface area (Å²) in [6.45, 7) is 8.61. The van der Waals surface area contributed by atoms with Crippen LogP contribution in [0.2, 0.25) is 0 Å². The molecule has 0 heterocycles. The smallest absolute Gasteiger partial charge is 0.335 e. The average Bonchev–Trinajstić information content (AvgIpc) is 2.49. The molecule has 0 aromatic heterocycles. The Morgan fingerprint density at radius 3 is 2.22 bits per heavy atom. The van der Waals surface area contributed by atoms with Crippen LogP contribution in [0, 0.1) is 5.92 Å². The zero-order chi connectivity index (χ0) is 18.0. The van der Waals surface area contributed by atoms with Crippen molar-refractivity contribution in [1.29, 1.82) is 0 Å². The summed E-state index contributed by atoms with van der Waals surface area (Å²) in [6, 6.07) is 0. The Balaban J connectivity index is 5.44. The van der Waals surface area contributed by atoms with Crippen molar-refractivity contribution >= 4 is 17.8 Å². The highest BCUT2D eigenvalue weighted by Crippen LogP contribution is 2.13. The van der Waals surface area contributed by atoms with E-state index in [-0.39, 0.29) is 17.9 Å². The summed E-state index contributed by atoms with van der Waals surface area (Å²) in [5.41, 5.74) is 0.284. The molecule has 6 nitrogen and oxygen atoms in total. The van der Waals surface area contributed by atoms with Gasteiger partial charge in [-0.25, -0.2) is 9.63 Å². The number of hydroxylamine groups is 2. The van der Waals surface area contributed by atoms with E-state index in [9.17, 15) is 19.5 Å². The molecule has 0 rings (SSSR count). The standard InChI is InChI=1S/C17H25NO5/c1-6-8-9-10-15(19)18(16(20)13(5)7-2)23-14(17(21)22)11-12(3)4/h6-10,12,14H,11H2,1-5H3,(H,21,22)/b8-6-,10-9+,13-7+. The number of aliphatic carboxylic acids is 1. The van der Waals surface area contributed by atoms with Crippen LogP contribution < -0.4 is 0 Å². The number of rotatable bonds is 8. The van der Waals surface area contributed by atoms with Crippen LogP contribution in [0.5, 0.6) is 0 Å². The van der Waals surface area contributed by atoms with Gasteiger partial charge in [-0.3, -0.25) is 9.59 Å². The third-order valence-corrected chi connectivity index (χ3v) is 2.89. The third-order valence-electron chi connectivity index (χ3n) is 2.89. The van der Waals surface area contributed by atoms with Crippen molar-refractivity contribution in [2.45, 2.75) is 47.1 Å². The number of amides is 2. The number of hydrogen-bond donors (Lipinski definition) is 1. The maximum atomic E-state index is 12.3. The molecule has 0 saturated heterocycles. The van der Waals surface area contributed by atoms with Crippen LogP contribution >= 0.6 is 0 Å². The third kappa shape index (κ3) is 7.56. The average molecular weight is 323 g/mol. The van der Waals surface area contributed by atoms with Crippen molar-refractivity contribution in [1.82, 2.24) is 5.06 Å². The first-order valence-electron chi connectivity index (χ1n) is 7.44. The molecule has 0 saturated carbocycles. The molecular formula is C17H25NO5. The molecule has 0 aromatic carbocycles. The number of carboxylic acids is 1. The Morgan fingerprint density at radius 1 is 1.17 bits per heavy atom. The summed E-state index contributed by atoms with van der Waals surface area (Å²) in [5.74, 6) is -2.61. The number of nitrogens with zero attached hydrogens (tertiary/aromatic N) is 1. The summed E-state index contributed by atoms with van der Waals surface area (Å²) in [4.78, 5) is 40.9. The van der Waals surface area contributed by atoms with Gasteiger partial charge in [0.05, 0.1) is 0 Å². The Kier molecular flexibility index (Phi) is 9.50. The van der Waals surface area contributed by atoms with Crippen LogP contribution in [0.25, 0.3) is 0 Å².